The third-order valence-electron chi connectivity index (χ3n) is 3.75. The molecule has 138 valence electrons. The predicted octanol–water partition coefficient (Wildman–Crippen LogP) is 2.75. The lowest BCUT2D eigenvalue weighted by molar-refractivity contribution is 0.102. The number of hydrogen-bond donors (Lipinski definition) is 2. The van der Waals surface area contributed by atoms with Crippen LogP contribution in [0.3, 0.4) is 0 Å². The van der Waals surface area contributed by atoms with Crippen molar-refractivity contribution < 1.29 is 14.3 Å². The van der Waals surface area contributed by atoms with Crippen molar-refractivity contribution in [3.63, 3.8) is 0 Å². The fourth-order valence-electron chi connectivity index (χ4n) is 2.36. The number of nitrogens with zero attached hydrogens (tertiary/aromatic N) is 3. The molecule has 0 aliphatic carbocycles. The van der Waals surface area contributed by atoms with Crippen LogP contribution < -0.4 is 20.1 Å². The Morgan fingerprint density at radius 3 is 2.44 bits per heavy atom. The zero-order chi connectivity index (χ0) is 19.1. The van der Waals surface area contributed by atoms with Crippen LogP contribution in [0.2, 0.25) is 0 Å². The molecular weight excluding hydrogens is 346 g/mol. The maximum atomic E-state index is 12.1. The highest BCUT2D eigenvalue weighted by molar-refractivity contribution is 6.03. The quantitative estimate of drug-likeness (QED) is 0.664. The molecule has 0 atom stereocenters. The number of carbonyl (C=O) groups excluding carboxylic acids is 1. The van der Waals surface area contributed by atoms with Crippen molar-refractivity contribution in [2.75, 3.05) is 24.9 Å². The number of hydrogen-bond acceptors (Lipinski definition) is 7. The maximum Gasteiger partial charge on any atom is 0.258 e. The van der Waals surface area contributed by atoms with Crippen LogP contribution in [-0.2, 0) is 6.54 Å². The number of anilines is 2. The Balaban J connectivity index is 1.59. The molecule has 3 aromatic rings. The van der Waals surface area contributed by atoms with E-state index in [0.717, 1.165) is 5.56 Å². The Bertz CT molecular complexity index is 901. The third-order valence-corrected chi connectivity index (χ3v) is 3.75. The summed E-state index contributed by atoms with van der Waals surface area (Å²) in [5.74, 6) is 2.00. The molecule has 2 aromatic heterocycles. The van der Waals surface area contributed by atoms with E-state index < -0.39 is 0 Å². The van der Waals surface area contributed by atoms with E-state index in [4.69, 9.17) is 9.47 Å². The van der Waals surface area contributed by atoms with Gasteiger partial charge in [-0.25, -0.2) is 0 Å². The van der Waals surface area contributed by atoms with Gasteiger partial charge in [-0.1, -0.05) is 6.07 Å². The molecule has 8 nitrogen and oxygen atoms in total. The monoisotopic (exact) mass is 365 g/mol. The topological polar surface area (TPSA) is 98.3 Å². The van der Waals surface area contributed by atoms with Crippen molar-refractivity contribution in [2.45, 2.75) is 6.54 Å². The number of pyridine rings is 1. The zero-order valence-electron chi connectivity index (χ0n) is 15.0. The zero-order valence-corrected chi connectivity index (χ0v) is 15.0. The Morgan fingerprint density at radius 1 is 1.00 bits per heavy atom. The standard InChI is InChI=1S/C19H19N5O3/c1-26-15-6-5-13(10-16(15)27-2)11-21-17-7-8-18(24-23-17)22-19(25)14-4-3-9-20-12-14/h3-10,12H,11H2,1-2H3,(H,21,23)(H,22,24,25). The number of methoxy groups -OCH3 is 2. The SMILES string of the molecule is COc1ccc(CNc2ccc(NC(=O)c3cccnc3)nn2)cc1OC. The van der Waals surface area contributed by atoms with Crippen molar-refractivity contribution >= 4 is 17.5 Å². The largest absolute Gasteiger partial charge is 0.493 e. The van der Waals surface area contributed by atoms with Gasteiger partial charge in [0.05, 0.1) is 19.8 Å². The first-order valence-corrected chi connectivity index (χ1v) is 8.19. The van der Waals surface area contributed by atoms with E-state index in [-0.39, 0.29) is 5.91 Å². The number of carbonyl (C=O) groups is 1. The minimum atomic E-state index is -0.288. The van der Waals surface area contributed by atoms with Crippen molar-refractivity contribution in [2.24, 2.45) is 0 Å². The molecule has 1 aromatic carbocycles. The number of aromatic nitrogens is 3. The van der Waals surface area contributed by atoms with Gasteiger partial charge >= 0.3 is 0 Å². The summed E-state index contributed by atoms with van der Waals surface area (Å²) in [6.45, 7) is 0.538. The first-order chi connectivity index (χ1) is 13.2. The Kier molecular flexibility index (Phi) is 5.78. The highest BCUT2D eigenvalue weighted by atomic mass is 16.5. The number of rotatable bonds is 7. The van der Waals surface area contributed by atoms with Gasteiger partial charge < -0.3 is 20.1 Å². The average Bonchev–Trinajstić information content (AvgIpc) is 2.73. The molecule has 0 fully saturated rings. The van der Waals surface area contributed by atoms with Gasteiger partial charge in [-0.2, -0.15) is 0 Å². The van der Waals surface area contributed by atoms with Gasteiger partial charge in [0.25, 0.3) is 5.91 Å². The van der Waals surface area contributed by atoms with E-state index in [2.05, 4.69) is 25.8 Å². The van der Waals surface area contributed by atoms with Crippen LogP contribution in [0.5, 0.6) is 11.5 Å². The molecule has 1 amide bonds. The second-order valence-electron chi connectivity index (χ2n) is 5.54. The van der Waals surface area contributed by atoms with Gasteiger partial charge in [0.15, 0.2) is 17.3 Å². The third kappa shape index (κ3) is 4.69. The molecule has 8 heteroatoms. The van der Waals surface area contributed by atoms with E-state index in [1.165, 1.54) is 6.20 Å². The number of ether oxygens (including phenoxy) is 2. The van der Waals surface area contributed by atoms with E-state index in [1.807, 2.05) is 18.2 Å². The van der Waals surface area contributed by atoms with Gasteiger partial charge in [0.2, 0.25) is 0 Å². The summed E-state index contributed by atoms with van der Waals surface area (Å²) in [6.07, 6.45) is 3.09. The lowest BCUT2D eigenvalue weighted by atomic mass is 10.2. The van der Waals surface area contributed by atoms with Gasteiger partial charge in [-0.15, -0.1) is 10.2 Å². The van der Waals surface area contributed by atoms with Gasteiger partial charge in [-0.3, -0.25) is 9.78 Å². The predicted molar refractivity (Wildman–Crippen MR) is 101 cm³/mol. The summed E-state index contributed by atoms with van der Waals surface area (Å²) in [5, 5.41) is 13.9. The Labute approximate surface area is 156 Å². The number of amides is 1. The summed E-state index contributed by atoms with van der Waals surface area (Å²) >= 11 is 0. The molecule has 0 saturated carbocycles. The molecule has 2 heterocycles. The van der Waals surface area contributed by atoms with E-state index in [0.29, 0.717) is 35.2 Å². The second kappa shape index (κ2) is 8.61. The molecule has 0 spiro atoms. The van der Waals surface area contributed by atoms with E-state index in [9.17, 15) is 4.79 Å². The number of benzene rings is 1. The first kappa shape index (κ1) is 18.1. The van der Waals surface area contributed by atoms with Gasteiger partial charge in [-0.05, 0) is 42.0 Å². The highest BCUT2D eigenvalue weighted by Gasteiger charge is 2.08. The van der Waals surface area contributed by atoms with Gasteiger partial charge in [0.1, 0.15) is 5.82 Å². The van der Waals surface area contributed by atoms with E-state index >= 15 is 0 Å². The normalized spacial score (nSPS) is 10.1. The Hall–Kier alpha value is -3.68. The van der Waals surface area contributed by atoms with Crippen LogP contribution in [0.4, 0.5) is 11.6 Å². The van der Waals surface area contributed by atoms with Crippen molar-refractivity contribution in [3.8, 4) is 11.5 Å². The molecule has 0 aliphatic rings. The van der Waals surface area contributed by atoms with E-state index in [1.54, 1.807) is 44.7 Å². The number of nitrogens with one attached hydrogen (secondary N) is 2. The molecule has 27 heavy (non-hydrogen) atoms. The minimum absolute atomic E-state index is 0.288. The average molecular weight is 365 g/mol. The van der Waals surface area contributed by atoms with Crippen LogP contribution in [0.1, 0.15) is 15.9 Å². The highest BCUT2D eigenvalue weighted by Crippen LogP contribution is 2.27. The summed E-state index contributed by atoms with van der Waals surface area (Å²) in [5.41, 5.74) is 1.46. The molecule has 0 aliphatic heterocycles. The maximum absolute atomic E-state index is 12.1. The van der Waals surface area contributed by atoms with Crippen LogP contribution in [-0.4, -0.2) is 35.3 Å². The van der Waals surface area contributed by atoms with Crippen LogP contribution >= 0.6 is 0 Å². The summed E-state index contributed by atoms with van der Waals surface area (Å²) in [4.78, 5) is 16.0. The molecule has 2 N–H and O–H groups in total. The fraction of sp³-hybridized carbons (Fsp3) is 0.158. The van der Waals surface area contributed by atoms with Crippen LogP contribution in [0, 0.1) is 0 Å². The lowest BCUT2D eigenvalue weighted by Gasteiger charge is -2.10. The molecule has 0 unspecified atom stereocenters. The summed E-state index contributed by atoms with van der Waals surface area (Å²) < 4.78 is 10.5. The van der Waals surface area contributed by atoms with Crippen molar-refractivity contribution in [1.82, 2.24) is 15.2 Å². The van der Waals surface area contributed by atoms with Crippen LogP contribution in [0.15, 0.2) is 54.9 Å². The molecule has 0 bridgehead atoms. The molecule has 3 rings (SSSR count). The molecule has 0 radical (unpaired) electrons. The van der Waals surface area contributed by atoms with Gasteiger partial charge in [0, 0.05) is 18.9 Å². The smallest absolute Gasteiger partial charge is 0.258 e. The summed E-state index contributed by atoms with van der Waals surface area (Å²) in [6, 6.07) is 12.5. The lowest BCUT2D eigenvalue weighted by Crippen LogP contribution is -2.13. The van der Waals surface area contributed by atoms with Crippen LogP contribution in [0.25, 0.3) is 0 Å². The molecule has 0 saturated heterocycles. The first-order valence-electron chi connectivity index (χ1n) is 8.19. The van der Waals surface area contributed by atoms with Crippen molar-refractivity contribution in [3.05, 3.63) is 66.0 Å². The molecular formula is C19H19N5O3. The minimum Gasteiger partial charge on any atom is -0.493 e. The Morgan fingerprint density at radius 2 is 1.78 bits per heavy atom. The second-order valence-corrected chi connectivity index (χ2v) is 5.54. The fourth-order valence-corrected chi connectivity index (χ4v) is 2.36. The summed E-state index contributed by atoms with van der Waals surface area (Å²) in [7, 11) is 3.19. The van der Waals surface area contributed by atoms with Crippen molar-refractivity contribution in [1.29, 1.82) is 0 Å².